The van der Waals surface area contributed by atoms with Crippen LogP contribution in [0.4, 0.5) is 0 Å². The zero-order valence-electron chi connectivity index (χ0n) is 10.7. The Bertz CT molecular complexity index is 420. The molecule has 1 aliphatic carbocycles. The number of pyridine rings is 1. The summed E-state index contributed by atoms with van der Waals surface area (Å²) >= 11 is 0. The summed E-state index contributed by atoms with van der Waals surface area (Å²) in [7, 11) is 0. The molecule has 2 N–H and O–H groups in total. The summed E-state index contributed by atoms with van der Waals surface area (Å²) in [5.74, 6) is 0.627. The first-order chi connectivity index (χ1) is 8.70. The van der Waals surface area contributed by atoms with Gasteiger partial charge < -0.3 is 10.4 Å². The van der Waals surface area contributed by atoms with Gasteiger partial charge in [-0.1, -0.05) is 12.5 Å². The molecule has 4 nitrogen and oxygen atoms in total. The third-order valence-electron chi connectivity index (χ3n) is 3.70. The van der Waals surface area contributed by atoms with E-state index >= 15 is 0 Å². The molecule has 1 aliphatic rings. The summed E-state index contributed by atoms with van der Waals surface area (Å²) in [6.45, 7) is 2.73. The van der Waals surface area contributed by atoms with E-state index in [9.17, 15) is 9.90 Å². The van der Waals surface area contributed by atoms with Crippen molar-refractivity contribution in [3.63, 3.8) is 0 Å². The van der Waals surface area contributed by atoms with Crippen molar-refractivity contribution in [2.24, 2.45) is 11.8 Å². The summed E-state index contributed by atoms with van der Waals surface area (Å²) in [5, 5.41) is 12.1. The summed E-state index contributed by atoms with van der Waals surface area (Å²) in [4.78, 5) is 16.1. The molecule has 0 saturated heterocycles. The lowest BCUT2D eigenvalue weighted by atomic mass is 9.97. The molecule has 0 radical (unpaired) electrons. The Kier molecular flexibility index (Phi) is 4.31. The van der Waals surface area contributed by atoms with Gasteiger partial charge in [-0.25, -0.2) is 4.98 Å². The van der Waals surface area contributed by atoms with E-state index in [1.54, 1.807) is 6.07 Å². The Hall–Kier alpha value is -1.42. The molecule has 0 bridgehead atoms. The fourth-order valence-electron chi connectivity index (χ4n) is 2.61. The molecule has 1 fully saturated rings. The summed E-state index contributed by atoms with van der Waals surface area (Å²) < 4.78 is 0. The minimum Gasteiger partial charge on any atom is -0.396 e. The largest absolute Gasteiger partial charge is 0.396 e. The van der Waals surface area contributed by atoms with E-state index in [1.807, 2.05) is 19.1 Å². The number of hydrogen-bond donors (Lipinski definition) is 2. The zero-order chi connectivity index (χ0) is 13.0. The predicted octanol–water partition coefficient (Wildman–Crippen LogP) is 1.53. The normalized spacial score (nSPS) is 23.0. The van der Waals surface area contributed by atoms with Crippen molar-refractivity contribution in [1.29, 1.82) is 0 Å². The number of aliphatic hydroxyl groups is 1. The van der Waals surface area contributed by atoms with E-state index in [1.165, 1.54) is 0 Å². The van der Waals surface area contributed by atoms with Crippen molar-refractivity contribution in [3.05, 3.63) is 29.6 Å². The van der Waals surface area contributed by atoms with Crippen LogP contribution in [-0.4, -0.2) is 29.1 Å². The van der Waals surface area contributed by atoms with Crippen molar-refractivity contribution in [2.45, 2.75) is 26.2 Å². The molecule has 1 aromatic heterocycles. The van der Waals surface area contributed by atoms with Gasteiger partial charge in [-0.15, -0.1) is 0 Å². The number of rotatable bonds is 4. The Morgan fingerprint density at radius 2 is 2.22 bits per heavy atom. The lowest BCUT2D eigenvalue weighted by molar-refractivity contribution is 0.0932. The van der Waals surface area contributed by atoms with Crippen LogP contribution in [0.25, 0.3) is 0 Å². The first kappa shape index (κ1) is 13.0. The van der Waals surface area contributed by atoms with Gasteiger partial charge in [-0.05, 0) is 43.7 Å². The van der Waals surface area contributed by atoms with Crippen LogP contribution in [0.1, 0.15) is 35.4 Å². The second-order valence-corrected chi connectivity index (χ2v) is 5.01. The number of carbonyl (C=O) groups excluding carboxylic acids is 1. The number of aromatic nitrogens is 1. The Balaban J connectivity index is 1.88. The maximum absolute atomic E-state index is 11.9. The second kappa shape index (κ2) is 5.96. The fraction of sp³-hybridized carbons (Fsp3) is 0.571. The molecule has 98 valence electrons. The molecule has 4 heteroatoms. The molecule has 2 unspecified atom stereocenters. The third-order valence-corrected chi connectivity index (χ3v) is 3.70. The summed E-state index contributed by atoms with van der Waals surface area (Å²) in [6, 6.07) is 5.43. The van der Waals surface area contributed by atoms with Crippen LogP contribution in [0.15, 0.2) is 18.2 Å². The smallest absolute Gasteiger partial charge is 0.269 e. The van der Waals surface area contributed by atoms with Crippen LogP contribution in [0, 0.1) is 18.8 Å². The number of nitrogens with one attached hydrogen (secondary N) is 1. The lowest BCUT2D eigenvalue weighted by Crippen LogP contribution is -2.32. The van der Waals surface area contributed by atoms with Gasteiger partial charge >= 0.3 is 0 Å². The molecule has 1 aromatic rings. The standard InChI is InChI=1S/C14H20N2O2/c1-10-4-2-7-13(16-10)14(18)15-8-11-5-3-6-12(11)9-17/h2,4,7,11-12,17H,3,5-6,8-9H2,1H3,(H,15,18). The van der Waals surface area contributed by atoms with Gasteiger partial charge in [0.25, 0.3) is 5.91 Å². The van der Waals surface area contributed by atoms with Crippen molar-refractivity contribution < 1.29 is 9.90 Å². The van der Waals surface area contributed by atoms with Crippen molar-refractivity contribution in [1.82, 2.24) is 10.3 Å². The van der Waals surface area contributed by atoms with Crippen LogP contribution in [0.2, 0.25) is 0 Å². The average Bonchev–Trinajstić information content (AvgIpc) is 2.83. The van der Waals surface area contributed by atoms with E-state index in [4.69, 9.17) is 0 Å². The predicted molar refractivity (Wildman–Crippen MR) is 69.2 cm³/mol. The first-order valence-electron chi connectivity index (χ1n) is 6.53. The first-order valence-corrected chi connectivity index (χ1v) is 6.53. The molecule has 18 heavy (non-hydrogen) atoms. The summed E-state index contributed by atoms with van der Waals surface area (Å²) in [5.41, 5.74) is 1.31. The number of aryl methyl sites for hydroxylation is 1. The molecule has 0 aromatic carbocycles. The lowest BCUT2D eigenvalue weighted by Gasteiger charge is -2.17. The SMILES string of the molecule is Cc1cccc(C(=O)NCC2CCCC2CO)n1. The maximum atomic E-state index is 11.9. The van der Waals surface area contributed by atoms with Gasteiger partial charge in [-0.3, -0.25) is 4.79 Å². The van der Waals surface area contributed by atoms with Crippen LogP contribution in [0.3, 0.4) is 0 Å². The molecule has 1 heterocycles. The minimum atomic E-state index is -0.123. The Morgan fingerprint density at radius 3 is 2.94 bits per heavy atom. The van der Waals surface area contributed by atoms with Gasteiger partial charge in [0.05, 0.1) is 0 Å². The van der Waals surface area contributed by atoms with Crippen LogP contribution >= 0.6 is 0 Å². The highest BCUT2D eigenvalue weighted by molar-refractivity contribution is 5.92. The van der Waals surface area contributed by atoms with E-state index in [-0.39, 0.29) is 12.5 Å². The monoisotopic (exact) mass is 248 g/mol. The quantitative estimate of drug-likeness (QED) is 0.849. The topological polar surface area (TPSA) is 62.2 Å². The maximum Gasteiger partial charge on any atom is 0.269 e. The Labute approximate surface area is 107 Å². The highest BCUT2D eigenvalue weighted by atomic mass is 16.3. The highest BCUT2D eigenvalue weighted by Gasteiger charge is 2.26. The number of aliphatic hydroxyl groups excluding tert-OH is 1. The van der Waals surface area contributed by atoms with E-state index in [2.05, 4.69) is 10.3 Å². The molecule has 2 atom stereocenters. The molecule has 1 saturated carbocycles. The number of nitrogens with zero attached hydrogens (tertiary/aromatic N) is 1. The van der Waals surface area contributed by atoms with Crippen LogP contribution < -0.4 is 5.32 Å². The summed E-state index contributed by atoms with van der Waals surface area (Å²) in [6.07, 6.45) is 3.31. The van der Waals surface area contributed by atoms with Gasteiger partial charge in [0, 0.05) is 18.8 Å². The number of hydrogen-bond acceptors (Lipinski definition) is 3. The van der Waals surface area contributed by atoms with E-state index in [0.717, 1.165) is 25.0 Å². The second-order valence-electron chi connectivity index (χ2n) is 5.01. The van der Waals surface area contributed by atoms with Gasteiger partial charge in [0.15, 0.2) is 0 Å². The van der Waals surface area contributed by atoms with Crippen molar-refractivity contribution in [2.75, 3.05) is 13.2 Å². The van der Waals surface area contributed by atoms with Gasteiger partial charge in [0.1, 0.15) is 5.69 Å². The third kappa shape index (κ3) is 3.07. The molecular weight excluding hydrogens is 228 g/mol. The molecule has 0 spiro atoms. The molecular formula is C14H20N2O2. The van der Waals surface area contributed by atoms with Gasteiger partial charge in [0.2, 0.25) is 0 Å². The van der Waals surface area contributed by atoms with E-state index < -0.39 is 0 Å². The highest BCUT2D eigenvalue weighted by Crippen LogP contribution is 2.30. The molecule has 2 rings (SSSR count). The average molecular weight is 248 g/mol. The molecule has 1 amide bonds. The zero-order valence-corrected chi connectivity index (χ0v) is 10.7. The number of carbonyl (C=O) groups is 1. The van der Waals surface area contributed by atoms with Crippen LogP contribution in [0.5, 0.6) is 0 Å². The fourth-order valence-corrected chi connectivity index (χ4v) is 2.61. The van der Waals surface area contributed by atoms with Crippen molar-refractivity contribution in [3.8, 4) is 0 Å². The van der Waals surface area contributed by atoms with Crippen LogP contribution in [-0.2, 0) is 0 Å². The van der Waals surface area contributed by atoms with E-state index in [0.29, 0.717) is 24.1 Å². The molecule has 0 aliphatic heterocycles. The number of amides is 1. The van der Waals surface area contributed by atoms with Crippen molar-refractivity contribution >= 4 is 5.91 Å². The van der Waals surface area contributed by atoms with Gasteiger partial charge in [-0.2, -0.15) is 0 Å². The minimum absolute atomic E-state index is 0.123. The Morgan fingerprint density at radius 1 is 1.44 bits per heavy atom.